The van der Waals surface area contributed by atoms with E-state index in [1.807, 2.05) is 0 Å². The molecule has 0 amide bonds. The number of carboxylic acid groups (broad SMARTS) is 1. The second kappa shape index (κ2) is 5.51. The molecule has 0 fully saturated rings. The highest BCUT2D eigenvalue weighted by Crippen LogP contribution is 2.04. The van der Waals surface area contributed by atoms with Crippen LogP contribution in [0.15, 0.2) is 24.3 Å². The second-order valence-corrected chi connectivity index (χ2v) is 2.03. The third-order valence-electron chi connectivity index (χ3n) is 1.16. The van der Waals surface area contributed by atoms with Gasteiger partial charge in [0.25, 0.3) is 0 Å². The van der Waals surface area contributed by atoms with Crippen LogP contribution in [0.4, 0.5) is 5.69 Å². The van der Waals surface area contributed by atoms with Gasteiger partial charge in [-0.15, -0.1) is 0 Å². The van der Waals surface area contributed by atoms with Crippen molar-refractivity contribution in [2.24, 2.45) is 0 Å². The van der Waals surface area contributed by atoms with Gasteiger partial charge >= 0.3 is 5.97 Å². The van der Waals surface area contributed by atoms with Gasteiger partial charge < -0.3 is 10.8 Å². The summed E-state index contributed by atoms with van der Waals surface area (Å²) in [4.78, 5) is 18.6. The first-order valence-corrected chi connectivity index (χ1v) is 3.24. The lowest BCUT2D eigenvalue weighted by Crippen LogP contribution is -1.95. The van der Waals surface area contributed by atoms with E-state index in [0.29, 0.717) is 5.69 Å². The number of nitrogens with two attached hydrogens (primary N) is 1. The maximum Gasteiger partial charge on any atom is 0.335 e. The topological polar surface area (TPSA) is 104 Å². The molecule has 0 unspecified atom stereocenters. The van der Waals surface area contributed by atoms with Gasteiger partial charge in [-0.05, 0) is 24.3 Å². The maximum atomic E-state index is 10.3. The molecule has 0 heterocycles. The highest BCUT2D eigenvalue weighted by molar-refractivity contribution is 5.87. The molecule has 5 heteroatoms. The van der Waals surface area contributed by atoms with Crippen LogP contribution in [0.5, 0.6) is 0 Å². The average Bonchev–Trinajstić information content (AvgIpc) is 2.06. The van der Waals surface area contributed by atoms with E-state index in [1.165, 1.54) is 12.1 Å². The fourth-order valence-electron chi connectivity index (χ4n) is 0.626. The molecule has 0 saturated heterocycles. The van der Waals surface area contributed by atoms with E-state index in [4.69, 9.17) is 21.0 Å². The number of benzene rings is 1. The molecule has 0 atom stereocenters. The minimum atomic E-state index is -0.931. The lowest BCUT2D eigenvalue weighted by Gasteiger charge is -1.93. The van der Waals surface area contributed by atoms with Crippen LogP contribution in [-0.2, 0) is 4.79 Å². The van der Waals surface area contributed by atoms with E-state index in [9.17, 15) is 4.79 Å². The molecule has 0 aromatic heterocycles. The van der Waals surface area contributed by atoms with Gasteiger partial charge in [0.05, 0.1) is 5.56 Å². The number of carbonyl (C=O) groups excluding carboxylic acids is 1. The molecule has 0 spiro atoms. The first-order valence-electron chi connectivity index (χ1n) is 3.24. The van der Waals surface area contributed by atoms with Gasteiger partial charge in [0.2, 0.25) is 6.08 Å². The van der Waals surface area contributed by atoms with Crippen molar-refractivity contribution in [3.05, 3.63) is 29.8 Å². The number of carbonyl (C=O) groups is 1. The Kier molecular flexibility index (Phi) is 4.61. The monoisotopic (exact) mass is 180 g/mol. The van der Waals surface area contributed by atoms with Crippen LogP contribution in [0.2, 0.25) is 0 Å². The zero-order valence-corrected chi connectivity index (χ0v) is 6.65. The molecule has 1 rings (SSSR count). The van der Waals surface area contributed by atoms with Crippen molar-refractivity contribution in [1.29, 1.82) is 5.41 Å². The van der Waals surface area contributed by atoms with Crippen molar-refractivity contribution in [1.82, 2.24) is 0 Å². The summed E-state index contributed by atoms with van der Waals surface area (Å²) in [6, 6.07) is 6.06. The number of nitrogens with one attached hydrogen (secondary N) is 1. The highest BCUT2D eigenvalue weighted by Gasteiger charge is 1.98. The number of nitrogen functional groups attached to an aromatic ring is 1. The van der Waals surface area contributed by atoms with Gasteiger partial charge in [0.1, 0.15) is 0 Å². The molecule has 0 saturated carbocycles. The molecule has 0 bridgehead atoms. The summed E-state index contributed by atoms with van der Waals surface area (Å²) < 4.78 is 0. The van der Waals surface area contributed by atoms with Gasteiger partial charge in [0, 0.05) is 5.69 Å². The Hall–Kier alpha value is -2.13. The lowest BCUT2D eigenvalue weighted by molar-refractivity contribution is 0.0697. The molecular weight excluding hydrogens is 172 g/mol. The fraction of sp³-hybridized carbons (Fsp3) is 0. The number of aromatic carboxylic acids is 1. The van der Waals surface area contributed by atoms with E-state index >= 15 is 0 Å². The Labute approximate surface area is 74.3 Å². The lowest BCUT2D eigenvalue weighted by atomic mass is 10.2. The van der Waals surface area contributed by atoms with Gasteiger partial charge in [-0.3, -0.25) is 0 Å². The average molecular weight is 180 g/mol. The van der Waals surface area contributed by atoms with Crippen LogP contribution < -0.4 is 5.73 Å². The summed E-state index contributed by atoms with van der Waals surface area (Å²) in [7, 11) is 0. The fourth-order valence-corrected chi connectivity index (χ4v) is 0.626. The number of anilines is 1. The Morgan fingerprint density at radius 1 is 1.38 bits per heavy atom. The minimum absolute atomic E-state index is 0.259. The molecule has 0 aliphatic heterocycles. The highest BCUT2D eigenvalue weighted by atomic mass is 16.4. The number of hydrogen-bond acceptors (Lipinski definition) is 4. The summed E-state index contributed by atoms with van der Waals surface area (Å²) in [6.07, 6.45) is 0.750. The Balaban J connectivity index is 0.000000424. The van der Waals surface area contributed by atoms with Crippen molar-refractivity contribution in [2.45, 2.75) is 0 Å². The van der Waals surface area contributed by atoms with Gasteiger partial charge in [0.15, 0.2) is 0 Å². The first kappa shape index (κ1) is 10.9. The van der Waals surface area contributed by atoms with Crippen molar-refractivity contribution in [3.8, 4) is 0 Å². The van der Waals surface area contributed by atoms with E-state index in [1.54, 1.807) is 12.1 Å². The van der Waals surface area contributed by atoms with Crippen LogP contribution in [0.25, 0.3) is 0 Å². The molecule has 4 N–H and O–H groups in total. The van der Waals surface area contributed by atoms with E-state index in [-0.39, 0.29) is 5.56 Å². The first-order chi connectivity index (χ1) is 6.11. The van der Waals surface area contributed by atoms with Gasteiger partial charge in [-0.25, -0.2) is 15.0 Å². The molecule has 1 aromatic rings. The SMILES string of the molecule is N=C=O.Nc1ccc(C(=O)O)cc1. The molecule has 13 heavy (non-hydrogen) atoms. The van der Waals surface area contributed by atoms with E-state index in [2.05, 4.69) is 0 Å². The summed E-state index contributed by atoms with van der Waals surface area (Å²) in [5.74, 6) is -0.931. The van der Waals surface area contributed by atoms with Crippen molar-refractivity contribution < 1.29 is 14.7 Å². The Morgan fingerprint density at radius 2 is 1.77 bits per heavy atom. The number of rotatable bonds is 1. The predicted octanol–water partition coefficient (Wildman–Crippen LogP) is 0.868. The number of isocyanates is 1. The van der Waals surface area contributed by atoms with Crippen LogP contribution in [-0.4, -0.2) is 17.2 Å². The number of carboxylic acids is 1. The van der Waals surface area contributed by atoms with Crippen LogP contribution in [0.1, 0.15) is 10.4 Å². The van der Waals surface area contributed by atoms with Gasteiger partial charge in [-0.2, -0.15) is 0 Å². The third-order valence-corrected chi connectivity index (χ3v) is 1.16. The van der Waals surface area contributed by atoms with Crippen LogP contribution >= 0.6 is 0 Å². The smallest absolute Gasteiger partial charge is 0.335 e. The predicted molar refractivity (Wildman–Crippen MR) is 46.2 cm³/mol. The van der Waals surface area contributed by atoms with Crippen molar-refractivity contribution in [3.63, 3.8) is 0 Å². The molecule has 1 aromatic carbocycles. The van der Waals surface area contributed by atoms with E-state index < -0.39 is 5.97 Å². The molecule has 0 radical (unpaired) electrons. The van der Waals surface area contributed by atoms with Crippen molar-refractivity contribution in [2.75, 3.05) is 5.73 Å². The Bertz CT molecular complexity index is 313. The standard InChI is InChI=1S/C7H7NO2.CHNO/c8-6-3-1-5(2-4-6)7(9)10;2-1-3/h1-4H,8H2,(H,9,10);2H. The molecular formula is C8H8N2O3. The minimum Gasteiger partial charge on any atom is -0.478 e. The molecule has 0 aliphatic carbocycles. The molecule has 5 nitrogen and oxygen atoms in total. The van der Waals surface area contributed by atoms with Crippen LogP contribution in [0, 0.1) is 5.41 Å². The normalized spacial score (nSPS) is 7.69. The Morgan fingerprint density at radius 3 is 2.08 bits per heavy atom. The van der Waals surface area contributed by atoms with Crippen molar-refractivity contribution >= 4 is 17.7 Å². The zero-order chi connectivity index (χ0) is 10.3. The third kappa shape index (κ3) is 4.34. The largest absolute Gasteiger partial charge is 0.478 e. The molecule has 0 aliphatic rings. The maximum absolute atomic E-state index is 10.3. The zero-order valence-electron chi connectivity index (χ0n) is 6.65. The number of hydrogen-bond donors (Lipinski definition) is 3. The summed E-state index contributed by atoms with van der Waals surface area (Å²) in [6.45, 7) is 0. The summed E-state index contributed by atoms with van der Waals surface area (Å²) in [5.41, 5.74) is 6.17. The van der Waals surface area contributed by atoms with E-state index in [0.717, 1.165) is 6.08 Å². The molecule has 68 valence electrons. The van der Waals surface area contributed by atoms with Gasteiger partial charge in [-0.1, -0.05) is 0 Å². The summed E-state index contributed by atoms with van der Waals surface area (Å²) >= 11 is 0. The summed E-state index contributed by atoms with van der Waals surface area (Å²) in [5, 5.41) is 13.8. The quantitative estimate of drug-likeness (QED) is 0.338. The van der Waals surface area contributed by atoms with Crippen LogP contribution in [0.3, 0.4) is 0 Å². The second-order valence-electron chi connectivity index (χ2n) is 2.03.